The molecule has 3 aromatic rings. The Hall–Kier alpha value is -5.10. The highest BCUT2D eigenvalue weighted by atomic mass is 32.2. The topological polar surface area (TPSA) is 145 Å². The number of nitrogens with one attached hydrogen (secondary N) is 1. The molecule has 3 unspecified atom stereocenters. The van der Waals surface area contributed by atoms with E-state index >= 15 is 0 Å². The van der Waals surface area contributed by atoms with Crippen LogP contribution in [0.3, 0.4) is 0 Å². The van der Waals surface area contributed by atoms with E-state index in [-0.39, 0.29) is 11.4 Å². The summed E-state index contributed by atoms with van der Waals surface area (Å²) in [6.45, 7) is 5.80. The Labute approximate surface area is 280 Å². The first-order valence-electron chi connectivity index (χ1n) is 15.3. The predicted molar refractivity (Wildman–Crippen MR) is 175 cm³/mol. The quantitative estimate of drug-likeness (QED) is 0.147. The lowest BCUT2D eigenvalue weighted by Crippen LogP contribution is -2.74. The van der Waals surface area contributed by atoms with Crippen LogP contribution in [0, 0.1) is 5.41 Å². The standard InChI is InChI=1S/C36H36N2O9S/c1-22-20-48(44)32-27(31(40)38(32)28(22)34(42)45-21-46-35(43)36(2,3)4)37-30(39)26(23-14-8-5-9-15-23)33(41)47-29(24-16-10-6-11-17-24)25-18-12-7-13-19-25/h5-19,26-27,29,32H,20-21H2,1-4H3,(H,37,39)/t26?,27?,32-,48?/m1/s1. The van der Waals surface area contributed by atoms with E-state index in [0.29, 0.717) is 22.3 Å². The molecule has 5 rings (SSSR count). The van der Waals surface area contributed by atoms with Crippen molar-refractivity contribution in [3.05, 3.63) is 119 Å². The summed E-state index contributed by atoms with van der Waals surface area (Å²) < 4.78 is 29.4. The molecule has 3 aromatic carbocycles. The van der Waals surface area contributed by atoms with Crippen molar-refractivity contribution in [2.45, 2.75) is 51.1 Å². The van der Waals surface area contributed by atoms with Gasteiger partial charge in [-0.15, -0.1) is 0 Å². The van der Waals surface area contributed by atoms with Crippen molar-refractivity contribution in [2.75, 3.05) is 12.5 Å². The average Bonchev–Trinajstić information content (AvgIpc) is 3.06. The van der Waals surface area contributed by atoms with Gasteiger partial charge in [-0.2, -0.15) is 0 Å². The normalized spacial score (nSPS) is 19.5. The number of hydrogen-bond acceptors (Lipinski definition) is 9. The Balaban J connectivity index is 1.35. The summed E-state index contributed by atoms with van der Waals surface area (Å²) in [7, 11) is -1.69. The summed E-state index contributed by atoms with van der Waals surface area (Å²) >= 11 is 0. The first kappa shape index (κ1) is 34.2. The van der Waals surface area contributed by atoms with Crippen molar-refractivity contribution < 1.29 is 42.4 Å². The molecule has 0 bridgehead atoms. The van der Waals surface area contributed by atoms with Crippen LogP contribution in [0.25, 0.3) is 0 Å². The van der Waals surface area contributed by atoms with E-state index in [2.05, 4.69) is 5.32 Å². The molecule has 2 aliphatic heterocycles. The Morgan fingerprint density at radius 2 is 1.38 bits per heavy atom. The molecule has 2 aliphatic rings. The maximum atomic E-state index is 13.9. The molecule has 0 aromatic heterocycles. The van der Waals surface area contributed by atoms with E-state index in [1.54, 1.807) is 58.0 Å². The molecule has 2 amide bonds. The second-order valence-corrected chi connectivity index (χ2v) is 14.0. The third-order valence-electron chi connectivity index (χ3n) is 7.87. The van der Waals surface area contributed by atoms with E-state index in [0.717, 1.165) is 4.90 Å². The summed E-state index contributed by atoms with van der Waals surface area (Å²) in [4.78, 5) is 67.4. The maximum absolute atomic E-state index is 13.9. The Bertz CT molecular complexity index is 1710. The number of esters is 3. The van der Waals surface area contributed by atoms with E-state index in [4.69, 9.17) is 14.2 Å². The van der Waals surface area contributed by atoms with Crippen molar-refractivity contribution in [3.8, 4) is 0 Å². The highest BCUT2D eigenvalue weighted by molar-refractivity contribution is 7.86. The minimum atomic E-state index is -1.69. The fraction of sp³-hybridized carbons (Fsp3) is 0.306. The number of rotatable bonds is 10. The molecule has 0 saturated carbocycles. The maximum Gasteiger partial charge on any atom is 0.357 e. The summed E-state index contributed by atoms with van der Waals surface area (Å²) in [6.07, 6.45) is -0.824. The van der Waals surface area contributed by atoms with Crippen molar-refractivity contribution >= 4 is 40.5 Å². The third-order valence-corrected chi connectivity index (χ3v) is 9.61. The zero-order valence-electron chi connectivity index (χ0n) is 26.9. The molecule has 1 N–H and O–H groups in total. The van der Waals surface area contributed by atoms with Crippen molar-refractivity contribution in [1.29, 1.82) is 0 Å². The average molecular weight is 673 g/mol. The number of nitrogens with zero attached hydrogens (tertiary/aromatic N) is 1. The summed E-state index contributed by atoms with van der Waals surface area (Å²) in [6, 6.07) is 25.2. The molecule has 0 spiro atoms. The Kier molecular flexibility index (Phi) is 10.2. The van der Waals surface area contributed by atoms with Gasteiger partial charge in [0.05, 0.1) is 16.2 Å². The lowest BCUT2D eigenvalue weighted by atomic mass is 9.95. The Morgan fingerprint density at radius 1 is 0.854 bits per heavy atom. The van der Waals surface area contributed by atoms with Gasteiger partial charge in [0.1, 0.15) is 17.1 Å². The highest BCUT2D eigenvalue weighted by Crippen LogP contribution is 2.36. The lowest BCUT2D eigenvalue weighted by Gasteiger charge is -2.49. The molecule has 48 heavy (non-hydrogen) atoms. The van der Waals surface area contributed by atoms with Crippen molar-refractivity contribution in [3.63, 3.8) is 0 Å². The van der Waals surface area contributed by atoms with Crippen LogP contribution in [0.1, 0.15) is 56.4 Å². The fourth-order valence-electron chi connectivity index (χ4n) is 5.42. The van der Waals surface area contributed by atoms with Gasteiger partial charge >= 0.3 is 17.9 Å². The second kappa shape index (κ2) is 14.3. The number of ether oxygens (including phenoxy) is 3. The van der Waals surface area contributed by atoms with Crippen molar-refractivity contribution in [1.82, 2.24) is 10.2 Å². The van der Waals surface area contributed by atoms with Crippen LogP contribution in [-0.4, -0.2) is 62.8 Å². The number of amides is 2. The number of benzene rings is 3. The van der Waals surface area contributed by atoms with Gasteiger partial charge in [0, 0.05) is 5.75 Å². The van der Waals surface area contributed by atoms with Crippen LogP contribution in [-0.2, 0) is 49.0 Å². The van der Waals surface area contributed by atoms with Gasteiger partial charge in [0.15, 0.2) is 12.0 Å². The van der Waals surface area contributed by atoms with E-state index in [1.165, 1.54) is 0 Å². The minimum absolute atomic E-state index is 0.0625. The zero-order chi connectivity index (χ0) is 34.6. The van der Waals surface area contributed by atoms with Crippen LogP contribution in [0.4, 0.5) is 0 Å². The molecule has 1 saturated heterocycles. The molecule has 2 heterocycles. The third kappa shape index (κ3) is 7.23. The lowest BCUT2D eigenvalue weighted by molar-refractivity contribution is -0.173. The first-order chi connectivity index (χ1) is 22.9. The van der Waals surface area contributed by atoms with Crippen LogP contribution < -0.4 is 5.32 Å². The molecule has 250 valence electrons. The monoisotopic (exact) mass is 672 g/mol. The van der Waals surface area contributed by atoms with E-state index < -0.39 is 76.2 Å². The molecule has 0 radical (unpaired) electrons. The Morgan fingerprint density at radius 3 is 1.90 bits per heavy atom. The SMILES string of the molecule is CC1=C(C(=O)OCOC(=O)C(C)(C)C)N2C(=O)C(NC(=O)C(C(=O)OC(c3ccccc3)c3ccccc3)c3ccccc3)[C@H]2S(=O)C1. The van der Waals surface area contributed by atoms with Crippen LogP contribution in [0.15, 0.2) is 102 Å². The fourth-order valence-corrected chi connectivity index (χ4v) is 7.08. The summed E-state index contributed by atoms with van der Waals surface area (Å²) in [5, 5.41) is 1.52. The van der Waals surface area contributed by atoms with Gasteiger partial charge in [-0.05, 0) is 50.0 Å². The molecular formula is C36H36N2O9S. The molecule has 0 aliphatic carbocycles. The van der Waals surface area contributed by atoms with Gasteiger partial charge in [0.25, 0.3) is 5.91 Å². The second-order valence-electron chi connectivity index (χ2n) is 12.5. The van der Waals surface area contributed by atoms with Crippen LogP contribution in [0.5, 0.6) is 0 Å². The predicted octanol–water partition coefficient (Wildman–Crippen LogP) is 3.88. The van der Waals surface area contributed by atoms with E-state index in [1.807, 2.05) is 60.7 Å². The summed E-state index contributed by atoms with van der Waals surface area (Å²) in [5.41, 5.74) is 1.12. The van der Waals surface area contributed by atoms with Gasteiger partial charge in [0.2, 0.25) is 12.7 Å². The minimum Gasteiger partial charge on any atom is -0.452 e. The summed E-state index contributed by atoms with van der Waals surface area (Å²) in [5.74, 6) is -5.44. The van der Waals surface area contributed by atoms with E-state index in [9.17, 15) is 28.2 Å². The van der Waals surface area contributed by atoms with Crippen molar-refractivity contribution in [2.24, 2.45) is 5.41 Å². The zero-order valence-corrected chi connectivity index (χ0v) is 27.7. The van der Waals surface area contributed by atoms with Gasteiger partial charge in [-0.1, -0.05) is 91.0 Å². The molecular weight excluding hydrogens is 636 g/mol. The van der Waals surface area contributed by atoms with Crippen LogP contribution in [0.2, 0.25) is 0 Å². The van der Waals surface area contributed by atoms with Gasteiger partial charge in [-0.3, -0.25) is 28.3 Å². The largest absolute Gasteiger partial charge is 0.452 e. The number of hydrogen-bond donors (Lipinski definition) is 1. The molecule has 12 heteroatoms. The van der Waals surface area contributed by atoms with Crippen LogP contribution >= 0.6 is 0 Å². The first-order valence-corrected chi connectivity index (χ1v) is 16.7. The van der Waals surface area contributed by atoms with Gasteiger partial charge < -0.3 is 19.5 Å². The smallest absolute Gasteiger partial charge is 0.357 e. The van der Waals surface area contributed by atoms with Gasteiger partial charge in [-0.25, -0.2) is 4.79 Å². The highest BCUT2D eigenvalue weighted by Gasteiger charge is 2.57. The molecule has 1 fully saturated rings. The number of carbonyl (C=O) groups is 5. The number of fused-ring (bicyclic) bond motifs is 1. The molecule has 4 atom stereocenters. The number of β-lactam (4-membered cyclic amide) rings is 1. The molecule has 11 nitrogen and oxygen atoms in total. The number of carbonyl (C=O) groups excluding carboxylic acids is 5.